The summed E-state index contributed by atoms with van der Waals surface area (Å²) in [6, 6.07) is 0.318. The maximum absolute atomic E-state index is 11.7. The highest BCUT2D eigenvalue weighted by atomic mass is 16.2. The number of hydrogen-bond donors (Lipinski definition) is 1. The van der Waals surface area contributed by atoms with E-state index in [9.17, 15) is 9.59 Å². The van der Waals surface area contributed by atoms with Gasteiger partial charge in [-0.1, -0.05) is 0 Å². The van der Waals surface area contributed by atoms with E-state index in [4.69, 9.17) is 0 Å². The highest BCUT2D eigenvalue weighted by Crippen LogP contribution is 2.24. The van der Waals surface area contributed by atoms with Crippen LogP contribution in [0, 0.1) is 0 Å². The van der Waals surface area contributed by atoms with Crippen molar-refractivity contribution in [3.05, 3.63) is 12.4 Å². The van der Waals surface area contributed by atoms with Crippen molar-refractivity contribution in [3.63, 3.8) is 0 Å². The van der Waals surface area contributed by atoms with Gasteiger partial charge in [0, 0.05) is 58.4 Å². The van der Waals surface area contributed by atoms with Gasteiger partial charge in [0.1, 0.15) is 0 Å². The average Bonchev–Trinajstić information content (AvgIpc) is 3.19. The van der Waals surface area contributed by atoms with E-state index in [1.165, 1.54) is 0 Å². The van der Waals surface area contributed by atoms with Crippen LogP contribution in [0.25, 0.3) is 0 Å². The molecule has 1 aromatic rings. The van der Waals surface area contributed by atoms with E-state index in [0.717, 1.165) is 44.8 Å². The summed E-state index contributed by atoms with van der Waals surface area (Å²) in [5.41, 5.74) is 0.862. The van der Waals surface area contributed by atoms with Gasteiger partial charge in [-0.15, -0.1) is 0 Å². The number of carbonyl (C=O) groups excluding carboxylic acids is 2. The van der Waals surface area contributed by atoms with Gasteiger partial charge >= 0.3 is 6.03 Å². The van der Waals surface area contributed by atoms with E-state index in [0.29, 0.717) is 31.5 Å². The zero-order chi connectivity index (χ0) is 15.8. The molecule has 0 spiro atoms. The molecule has 0 aliphatic carbocycles. The molecule has 0 saturated carbocycles. The van der Waals surface area contributed by atoms with E-state index in [2.05, 4.69) is 15.3 Å². The molecule has 1 aromatic heterocycles. The molecule has 0 unspecified atom stereocenters. The van der Waals surface area contributed by atoms with E-state index in [-0.39, 0.29) is 6.03 Å². The van der Waals surface area contributed by atoms with E-state index in [1.54, 1.807) is 11.1 Å². The van der Waals surface area contributed by atoms with Crippen LogP contribution in [0.4, 0.5) is 10.5 Å². The van der Waals surface area contributed by atoms with Gasteiger partial charge in [-0.2, -0.15) is 5.10 Å². The maximum atomic E-state index is 11.7. The quantitative estimate of drug-likeness (QED) is 0.822. The zero-order valence-electron chi connectivity index (χ0n) is 13.1. The Morgan fingerprint density at radius 2 is 2.09 bits per heavy atom. The molecular weight excluding hydrogens is 296 g/mol. The van der Waals surface area contributed by atoms with Crippen molar-refractivity contribution in [2.24, 2.45) is 0 Å². The fraction of sp³-hybridized carbons (Fsp3) is 0.667. The Balaban J connectivity index is 1.26. The summed E-state index contributed by atoms with van der Waals surface area (Å²) in [4.78, 5) is 29.3. The summed E-state index contributed by atoms with van der Waals surface area (Å²) in [6.45, 7) is 5.98. The number of nitrogens with zero attached hydrogens (tertiary/aromatic N) is 5. The average molecular weight is 318 g/mol. The molecule has 8 nitrogen and oxygen atoms in total. The van der Waals surface area contributed by atoms with E-state index < -0.39 is 0 Å². The zero-order valence-corrected chi connectivity index (χ0v) is 13.1. The second-order valence-electron chi connectivity index (χ2n) is 6.46. The Kier molecular flexibility index (Phi) is 3.68. The summed E-state index contributed by atoms with van der Waals surface area (Å²) >= 11 is 0. The summed E-state index contributed by atoms with van der Waals surface area (Å²) in [6.07, 6.45) is 5.43. The Bertz CT molecular complexity index is 609. The molecule has 1 N–H and O–H groups in total. The number of likely N-dealkylation sites (tertiary alicyclic amines) is 2. The van der Waals surface area contributed by atoms with Gasteiger partial charge < -0.3 is 10.2 Å². The second-order valence-corrected chi connectivity index (χ2v) is 6.46. The Hall–Kier alpha value is -2.09. The largest absolute Gasteiger partial charge is 0.341 e. The molecule has 4 rings (SSSR count). The molecule has 3 saturated heterocycles. The smallest absolute Gasteiger partial charge is 0.322 e. The predicted molar refractivity (Wildman–Crippen MR) is 84.3 cm³/mol. The third-order valence-electron chi connectivity index (χ3n) is 4.93. The van der Waals surface area contributed by atoms with Crippen LogP contribution in [-0.4, -0.2) is 77.3 Å². The third kappa shape index (κ3) is 2.78. The first-order valence-corrected chi connectivity index (χ1v) is 8.30. The van der Waals surface area contributed by atoms with Crippen molar-refractivity contribution in [2.75, 3.05) is 50.7 Å². The molecule has 3 aliphatic rings. The molecule has 0 radical (unpaired) electrons. The van der Waals surface area contributed by atoms with Crippen molar-refractivity contribution in [1.29, 1.82) is 0 Å². The standard InChI is InChI=1S/C15H22N6O2/c22-14-2-1-4-19(14)7-6-18-9-13(10-18)21-11-12(8-17-21)20-5-3-16-15(20)23/h8,11,13H,1-7,9-10H2,(H,16,23). The van der Waals surface area contributed by atoms with Crippen LogP contribution >= 0.6 is 0 Å². The number of aromatic nitrogens is 2. The van der Waals surface area contributed by atoms with Gasteiger partial charge in [0.2, 0.25) is 5.91 Å². The molecule has 3 amide bonds. The number of nitrogens with one attached hydrogen (secondary N) is 1. The molecule has 124 valence electrons. The van der Waals surface area contributed by atoms with Crippen LogP contribution in [0.1, 0.15) is 18.9 Å². The van der Waals surface area contributed by atoms with Crippen molar-refractivity contribution in [2.45, 2.75) is 18.9 Å². The Morgan fingerprint density at radius 1 is 1.22 bits per heavy atom. The van der Waals surface area contributed by atoms with Crippen LogP contribution in [0.5, 0.6) is 0 Å². The SMILES string of the molecule is O=C1CCCN1CCN1CC(n2cc(N3CCNC3=O)cn2)C1. The minimum absolute atomic E-state index is 0.0462. The molecule has 23 heavy (non-hydrogen) atoms. The molecule has 0 aromatic carbocycles. The summed E-state index contributed by atoms with van der Waals surface area (Å²) in [5, 5.41) is 7.20. The summed E-state index contributed by atoms with van der Waals surface area (Å²) in [5.74, 6) is 0.294. The van der Waals surface area contributed by atoms with Gasteiger partial charge in [0.15, 0.2) is 0 Å². The van der Waals surface area contributed by atoms with Gasteiger partial charge in [0.25, 0.3) is 0 Å². The van der Waals surface area contributed by atoms with Crippen molar-refractivity contribution < 1.29 is 9.59 Å². The maximum Gasteiger partial charge on any atom is 0.322 e. The lowest BCUT2D eigenvalue weighted by Crippen LogP contribution is -2.50. The van der Waals surface area contributed by atoms with Crippen molar-refractivity contribution in [3.8, 4) is 0 Å². The topological polar surface area (TPSA) is 73.7 Å². The fourth-order valence-corrected chi connectivity index (χ4v) is 3.48. The normalized spacial score (nSPS) is 22.8. The van der Waals surface area contributed by atoms with E-state index >= 15 is 0 Å². The van der Waals surface area contributed by atoms with Crippen molar-refractivity contribution >= 4 is 17.6 Å². The molecule has 3 fully saturated rings. The number of carbonyl (C=O) groups is 2. The molecular formula is C15H22N6O2. The third-order valence-corrected chi connectivity index (χ3v) is 4.93. The highest BCUT2D eigenvalue weighted by molar-refractivity contribution is 5.93. The number of rotatable bonds is 5. The lowest BCUT2D eigenvalue weighted by molar-refractivity contribution is -0.128. The van der Waals surface area contributed by atoms with Crippen LogP contribution in [0.2, 0.25) is 0 Å². The first-order chi connectivity index (χ1) is 11.2. The van der Waals surface area contributed by atoms with Gasteiger partial charge in [0.05, 0.1) is 17.9 Å². The molecule has 0 bridgehead atoms. The molecule has 4 heterocycles. The monoisotopic (exact) mass is 318 g/mol. The fourth-order valence-electron chi connectivity index (χ4n) is 3.48. The lowest BCUT2D eigenvalue weighted by Gasteiger charge is -2.39. The first kappa shape index (κ1) is 14.5. The van der Waals surface area contributed by atoms with Crippen LogP contribution in [-0.2, 0) is 4.79 Å². The number of urea groups is 1. The summed E-state index contributed by atoms with van der Waals surface area (Å²) in [7, 11) is 0. The van der Waals surface area contributed by atoms with Gasteiger partial charge in [-0.3, -0.25) is 19.3 Å². The van der Waals surface area contributed by atoms with Gasteiger partial charge in [-0.05, 0) is 6.42 Å². The molecule has 0 atom stereocenters. The van der Waals surface area contributed by atoms with E-state index in [1.807, 2.05) is 15.8 Å². The minimum Gasteiger partial charge on any atom is -0.341 e. The molecule has 8 heteroatoms. The number of amides is 3. The first-order valence-electron chi connectivity index (χ1n) is 8.30. The van der Waals surface area contributed by atoms with Crippen LogP contribution in [0.15, 0.2) is 12.4 Å². The highest BCUT2D eigenvalue weighted by Gasteiger charge is 2.31. The molecule has 3 aliphatic heterocycles. The van der Waals surface area contributed by atoms with Gasteiger partial charge in [-0.25, -0.2) is 4.79 Å². The van der Waals surface area contributed by atoms with Crippen LogP contribution < -0.4 is 10.2 Å². The number of anilines is 1. The summed E-state index contributed by atoms with van der Waals surface area (Å²) < 4.78 is 1.96. The Morgan fingerprint density at radius 3 is 2.78 bits per heavy atom. The number of hydrogen-bond acceptors (Lipinski definition) is 4. The minimum atomic E-state index is -0.0462. The van der Waals surface area contributed by atoms with Crippen LogP contribution in [0.3, 0.4) is 0 Å². The second kappa shape index (κ2) is 5.84. The predicted octanol–water partition coefficient (Wildman–Crippen LogP) is -0.108. The van der Waals surface area contributed by atoms with Crippen molar-refractivity contribution in [1.82, 2.24) is 24.9 Å². The Labute approximate surface area is 135 Å². The lowest BCUT2D eigenvalue weighted by atomic mass is 10.1.